The zero-order valence-electron chi connectivity index (χ0n) is 13.3. The van der Waals surface area contributed by atoms with Crippen LogP contribution in [0.3, 0.4) is 0 Å². The fourth-order valence-electron chi connectivity index (χ4n) is 2.27. The minimum Gasteiger partial charge on any atom is -0.465 e. The Hall–Kier alpha value is -2.44. The molecule has 0 bridgehead atoms. The molecule has 4 nitrogen and oxygen atoms in total. The van der Waals surface area contributed by atoms with Gasteiger partial charge in [0.25, 0.3) is 5.91 Å². The molecule has 25 heavy (non-hydrogen) atoms. The Balaban J connectivity index is 1.94. The predicted molar refractivity (Wildman–Crippen MR) is 103 cm³/mol. The summed E-state index contributed by atoms with van der Waals surface area (Å²) < 4.78 is 5.73. The SMILES string of the molecule is COC(=O)c1sc(-c2ccccc2)cc1NC(=O)c1ccc(Br)cc1. The lowest BCUT2D eigenvalue weighted by atomic mass is 10.2. The fourth-order valence-corrected chi connectivity index (χ4v) is 3.57. The van der Waals surface area contributed by atoms with E-state index in [0.717, 1.165) is 14.9 Å². The van der Waals surface area contributed by atoms with Crippen molar-refractivity contribution in [3.05, 3.63) is 75.6 Å². The Morgan fingerprint density at radius 3 is 2.36 bits per heavy atom. The average Bonchev–Trinajstić information content (AvgIpc) is 3.06. The molecule has 1 heterocycles. The van der Waals surface area contributed by atoms with Crippen molar-refractivity contribution in [1.29, 1.82) is 0 Å². The van der Waals surface area contributed by atoms with Crippen molar-refractivity contribution in [2.24, 2.45) is 0 Å². The van der Waals surface area contributed by atoms with Crippen molar-refractivity contribution in [3.63, 3.8) is 0 Å². The summed E-state index contributed by atoms with van der Waals surface area (Å²) >= 11 is 4.63. The summed E-state index contributed by atoms with van der Waals surface area (Å²) in [5.74, 6) is -0.756. The van der Waals surface area contributed by atoms with E-state index < -0.39 is 5.97 Å². The molecule has 0 saturated carbocycles. The van der Waals surface area contributed by atoms with E-state index >= 15 is 0 Å². The van der Waals surface area contributed by atoms with Gasteiger partial charge in [-0.05, 0) is 35.9 Å². The molecule has 0 unspecified atom stereocenters. The van der Waals surface area contributed by atoms with E-state index in [4.69, 9.17) is 4.74 Å². The number of thiophene rings is 1. The number of benzene rings is 2. The van der Waals surface area contributed by atoms with Crippen LogP contribution in [0.15, 0.2) is 65.1 Å². The zero-order valence-corrected chi connectivity index (χ0v) is 15.7. The number of hydrogen-bond donors (Lipinski definition) is 1. The van der Waals surface area contributed by atoms with Gasteiger partial charge < -0.3 is 10.1 Å². The van der Waals surface area contributed by atoms with Crippen LogP contribution in [-0.2, 0) is 4.74 Å². The molecule has 0 fully saturated rings. The van der Waals surface area contributed by atoms with Gasteiger partial charge >= 0.3 is 5.97 Å². The number of anilines is 1. The summed E-state index contributed by atoms with van der Waals surface area (Å²) in [5, 5.41) is 2.81. The number of halogens is 1. The standard InChI is InChI=1S/C19H14BrNO3S/c1-24-19(23)17-15(11-16(25-17)12-5-3-2-4-6-12)21-18(22)13-7-9-14(20)10-8-13/h2-11H,1H3,(H,21,22). The van der Waals surface area contributed by atoms with Crippen LogP contribution in [0.2, 0.25) is 0 Å². The Kier molecular flexibility index (Phi) is 5.31. The van der Waals surface area contributed by atoms with Crippen LogP contribution in [0.4, 0.5) is 5.69 Å². The first-order valence-corrected chi connectivity index (χ1v) is 9.04. The Labute approximate surface area is 157 Å². The van der Waals surface area contributed by atoms with Crippen molar-refractivity contribution in [2.75, 3.05) is 12.4 Å². The first kappa shape index (κ1) is 17.4. The third-order valence-electron chi connectivity index (χ3n) is 3.52. The number of rotatable bonds is 4. The van der Waals surface area contributed by atoms with Crippen molar-refractivity contribution in [1.82, 2.24) is 0 Å². The van der Waals surface area contributed by atoms with Gasteiger partial charge in [0, 0.05) is 14.9 Å². The van der Waals surface area contributed by atoms with Gasteiger partial charge in [-0.15, -0.1) is 11.3 Å². The molecule has 6 heteroatoms. The number of amides is 1. The molecule has 0 aliphatic rings. The third kappa shape index (κ3) is 3.97. The van der Waals surface area contributed by atoms with Gasteiger partial charge in [0.05, 0.1) is 12.8 Å². The summed E-state index contributed by atoms with van der Waals surface area (Å²) in [6, 6.07) is 18.5. The molecule has 1 amide bonds. The van der Waals surface area contributed by atoms with E-state index in [2.05, 4.69) is 21.2 Å². The number of hydrogen-bond acceptors (Lipinski definition) is 4. The lowest BCUT2D eigenvalue weighted by Crippen LogP contribution is -2.13. The van der Waals surface area contributed by atoms with Crippen molar-refractivity contribution >= 4 is 44.8 Å². The largest absolute Gasteiger partial charge is 0.465 e. The van der Waals surface area contributed by atoms with Crippen LogP contribution in [0.25, 0.3) is 10.4 Å². The molecule has 0 radical (unpaired) electrons. The minimum atomic E-state index is -0.474. The second kappa shape index (κ2) is 7.63. The molecule has 0 saturated heterocycles. The fraction of sp³-hybridized carbons (Fsp3) is 0.0526. The number of nitrogens with one attached hydrogen (secondary N) is 1. The quantitative estimate of drug-likeness (QED) is 0.594. The first-order chi connectivity index (χ1) is 12.1. The highest BCUT2D eigenvalue weighted by atomic mass is 79.9. The second-order valence-corrected chi connectivity index (χ2v) is 7.14. The lowest BCUT2D eigenvalue weighted by molar-refractivity contribution is 0.0607. The molecule has 0 aliphatic heterocycles. The number of ether oxygens (including phenoxy) is 1. The molecule has 2 aromatic carbocycles. The first-order valence-electron chi connectivity index (χ1n) is 7.43. The number of carbonyl (C=O) groups is 2. The Morgan fingerprint density at radius 2 is 1.72 bits per heavy atom. The molecule has 0 spiro atoms. The third-order valence-corrected chi connectivity index (χ3v) is 5.21. The van der Waals surface area contributed by atoms with Crippen LogP contribution in [0.1, 0.15) is 20.0 Å². The zero-order chi connectivity index (χ0) is 17.8. The number of esters is 1. The summed E-state index contributed by atoms with van der Waals surface area (Å²) in [7, 11) is 1.32. The van der Waals surface area contributed by atoms with E-state index in [9.17, 15) is 9.59 Å². The molecule has 3 aromatic rings. The van der Waals surface area contributed by atoms with Crippen molar-refractivity contribution < 1.29 is 14.3 Å². The second-order valence-electron chi connectivity index (χ2n) is 5.17. The lowest BCUT2D eigenvalue weighted by Gasteiger charge is -2.05. The van der Waals surface area contributed by atoms with Crippen molar-refractivity contribution in [2.45, 2.75) is 0 Å². The van der Waals surface area contributed by atoms with Crippen LogP contribution in [-0.4, -0.2) is 19.0 Å². The maximum Gasteiger partial charge on any atom is 0.350 e. The highest BCUT2D eigenvalue weighted by molar-refractivity contribution is 9.10. The van der Waals surface area contributed by atoms with Gasteiger partial charge in [-0.3, -0.25) is 4.79 Å². The van der Waals surface area contributed by atoms with Crippen molar-refractivity contribution in [3.8, 4) is 10.4 Å². The van der Waals surface area contributed by atoms with E-state index in [1.165, 1.54) is 18.4 Å². The van der Waals surface area contributed by atoms with Crippen LogP contribution < -0.4 is 5.32 Å². The van der Waals surface area contributed by atoms with Crippen LogP contribution in [0, 0.1) is 0 Å². The average molecular weight is 416 g/mol. The Bertz CT molecular complexity index is 904. The number of carbonyl (C=O) groups excluding carboxylic acids is 2. The van der Waals surface area contributed by atoms with Gasteiger partial charge in [0.15, 0.2) is 0 Å². The highest BCUT2D eigenvalue weighted by Crippen LogP contribution is 2.35. The van der Waals surface area contributed by atoms with Gasteiger partial charge in [0.1, 0.15) is 4.88 Å². The topological polar surface area (TPSA) is 55.4 Å². The van der Waals surface area contributed by atoms with E-state index in [-0.39, 0.29) is 5.91 Å². The van der Waals surface area contributed by atoms with Crippen LogP contribution in [0.5, 0.6) is 0 Å². The smallest absolute Gasteiger partial charge is 0.350 e. The molecule has 3 rings (SSSR count). The maximum atomic E-state index is 12.5. The van der Waals surface area contributed by atoms with Gasteiger partial charge in [-0.25, -0.2) is 4.79 Å². The molecule has 1 N–H and O–H groups in total. The molecule has 0 aliphatic carbocycles. The summed E-state index contributed by atoms with van der Waals surface area (Å²) in [6.07, 6.45) is 0. The minimum absolute atomic E-state index is 0.282. The normalized spacial score (nSPS) is 10.3. The van der Waals surface area contributed by atoms with E-state index in [1.54, 1.807) is 30.3 Å². The molecule has 126 valence electrons. The van der Waals surface area contributed by atoms with E-state index in [1.807, 2.05) is 30.3 Å². The Morgan fingerprint density at radius 1 is 1.04 bits per heavy atom. The van der Waals surface area contributed by atoms with E-state index in [0.29, 0.717) is 16.1 Å². The maximum absolute atomic E-state index is 12.5. The predicted octanol–water partition coefficient (Wildman–Crippen LogP) is 5.22. The summed E-state index contributed by atoms with van der Waals surface area (Å²) in [6.45, 7) is 0. The summed E-state index contributed by atoms with van der Waals surface area (Å²) in [5.41, 5.74) is 1.93. The molecular weight excluding hydrogens is 402 g/mol. The molecular formula is C19H14BrNO3S. The van der Waals surface area contributed by atoms with Gasteiger partial charge in [-0.2, -0.15) is 0 Å². The van der Waals surface area contributed by atoms with Gasteiger partial charge in [-0.1, -0.05) is 46.3 Å². The number of methoxy groups -OCH3 is 1. The summed E-state index contributed by atoms with van der Waals surface area (Å²) in [4.78, 5) is 25.8. The molecule has 1 aromatic heterocycles. The monoisotopic (exact) mass is 415 g/mol. The van der Waals surface area contributed by atoms with Crippen LogP contribution >= 0.6 is 27.3 Å². The molecule has 0 atom stereocenters. The highest BCUT2D eigenvalue weighted by Gasteiger charge is 2.20. The van der Waals surface area contributed by atoms with Gasteiger partial charge in [0.2, 0.25) is 0 Å².